The molecule has 0 unspecified atom stereocenters. The molecule has 1 amide bonds. The van der Waals surface area contributed by atoms with E-state index in [2.05, 4.69) is 10.1 Å². The van der Waals surface area contributed by atoms with Crippen molar-refractivity contribution in [3.05, 3.63) is 58.1 Å². The Bertz CT molecular complexity index is 921. The molecule has 1 N–H and O–H groups in total. The minimum atomic E-state index is -2.99. The Balaban J connectivity index is 1.90. The van der Waals surface area contributed by atoms with Crippen LogP contribution < -0.4 is 14.8 Å². The summed E-state index contributed by atoms with van der Waals surface area (Å²) in [5.41, 5.74) is 0.754. The van der Waals surface area contributed by atoms with E-state index < -0.39 is 25.1 Å². The number of esters is 1. The fraction of sp³-hybridized carbons (Fsp3) is 0.158. The highest BCUT2D eigenvalue weighted by atomic mass is 35.5. The Morgan fingerprint density at radius 3 is 2.59 bits per heavy atom. The van der Waals surface area contributed by atoms with Crippen LogP contribution in [0.1, 0.15) is 5.56 Å². The number of anilines is 1. The van der Waals surface area contributed by atoms with E-state index in [0.717, 1.165) is 6.08 Å². The molecule has 2 rings (SSSR count). The first-order chi connectivity index (χ1) is 13.8. The highest BCUT2D eigenvalue weighted by molar-refractivity contribution is 6.35. The summed E-state index contributed by atoms with van der Waals surface area (Å²) in [6.07, 6.45) is 2.44. The van der Waals surface area contributed by atoms with Crippen LogP contribution in [0.2, 0.25) is 10.0 Å². The molecule has 0 heterocycles. The molecule has 6 nitrogen and oxygen atoms in total. The fourth-order valence-electron chi connectivity index (χ4n) is 2.11. The monoisotopic (exact) mass is 445 g/mol. The van der Waals surface area contributed by atoms with Gasteiger partial charge in [0.2, 0.25) is 0 Å². The second-order valence-electron chi connectivity index (χ2n) is 5.40. The zero-order valence-electron chi connectivity index (χ0n) is 15.0. The first-order valence-electron chi connectivity index (χ1n) is 8.01. The van der Waals surface area contributed by atoms with E-state index in [1.54, 1.807) is 6.07 Å². The Morgan fingerprint density at radius 2 is 1.90 bits per heavy atom. The van der Waals surface area contributed by atoms with Crippen LogP contribution in [0.3, 0.4) is 0 Å². The summed E-state index contributed by atoms with van der Waals surface area (Å²) in [6.45, 7) is -3.54. The van der Waals surface area contributed by atoms with Crippen molar-refractivity contribution in [2.45, 2.75) is 6.61 Å². The molecule has 0 aliphatic carbocycles. The van der Waals surface area contributed by atoms with Crippen molar-refractivity contribution in [3.63, 3.8) is 0 Å². The van der Waals surface area contributed by atoms with Gasteiger partial charge in [-0.15, -0.1) is 0 Å². The van der Waals surface area contributed by atoms with Gasteiger partial charge in [-0.1, -0.05) is 29.3 Å². The molecule has 2 aromatic rings. The average Bonchev–Trinajstić information content (AvgIpc) is 2.68. The SMILES string of the molecule is COc1cc(/C=C/C(=O)OCC(=O)Nc2cc(Cl)ccc2Cl)ccc1OC(F)F. The number of halogens is 4. The van der Waals surface area contributed by atoms with E-state index >= 15 is 0 Å². The standard InChI is InChI=1S/C19H15Cl2F2NO5/c1-27-16-8-11(2-6-15(16)29-19(22)23)3-7-18(26)28-10-17(25)24-14-9-12(20)4-5-13(14)21/h2-9,19H,10H2,1H3,(H,24,25)/b7-3+. The summed E-state index contributed by atoms with van der Waals surface area (Å²) < 4.78 is 38.8. The summed E-state index contributed by atoms with van der Waals surface area (Å²) in [5.74, 6) is -1.47. The first-order valence-corrected chi connectivity index (χ1v) is 8.76. The number of benzene rings is 2. The second kappa shape index (κ2) is 10.6. The number of methoxy groups -OCH3 is 1. The number of carbonyl (C=O) groups is 2. The van der Waals surface area contributed by atoms with Crippen LogP contribution >= 0.6 is 23.2 Å². The van der Waals surface area contributed by atoms with Gasteiger partial charge in [-0.3, -0.25) is 4.79 Å². The largest absolute Gasteiger partial charge is 0.493 e. The molecule has 0 radical (unpaired) electrons. The Kier molecular flexibility index (Phi) is 8.23. The van der Waals surface area contributed by atoms with Gasteiger partial charge >= 0.3 is 12.6 Å². The fourth-order valence-corrected chi connectivity index (χ4v) is 2.45. The average molecular weight is 446 g/mol. The lowest BCUT2D eigenvalue weighted by atomic mass is 10.2. The maximum absolute atomic E-state index is 12.3. The Hall–Kier alpha value is -2.84. The topological polar surface area (TPSA) is 73.9 Å². The molecule has 0 spiro atoms. The highest BCUT2D eigenvalue weighted by Gasteiger charge is 2.11. The van der Waals surface area contributed by atoms with Crippen molar-refractivity contribution in [1.82, 2.24) is 0 Å². The highest BCUT2D eigenvalue weighted by Crippen LogP contribution is 2.30. The van der Waals surface area contributed by atoms with E-state index in [1.165, 1.54) is 43.5 Å². The number of alkyl halides is 2. The molecule has 10 heteroatoms. The van der Waals surface area contributed by atoms with Crippen LogP contribution in [-0.4, -0.2) is 32.2 Å². The molecular formula is C19H15Cl2F2NO5. The lowest BCUT2D eigenvalue weighted by Gasteiger charge is -2.10. The number of ether oxygens (including phenoxy) is 3. The molecule has 0 saturated carbocycles. The van der Waals surface area contributed by atoms with Crippen LogP contribution in [-0.2, 0) is 14.3 Å². The van der Waals surface area contributed by atoms with Gasteiger partial charge in [0.25, 0.3) is 5.91 Å². The smallest absolute Gasteiger partial charge is 0.387 e. The van der Waals surface area contributed by atoms with E-state index in [0.29, 0.717) is 10.6 Å². The summed E-state index contributed by atoms with van der Waals surface area (Å²) in [7, 11) is 1.29. The van der Waals surface area contributed by atoms with Gasteiger partial charge in [0.05, 0.1) is 17.8 Å². The van der Waals surface area contributed by atoms with Crippen molar-refractivity contribution in [1.29, 1.82) is 0 Å². The van der Waals surface area contributed by atoms with Gasteiger partial charge in [-0.05, 0) is 42.0 Å². The van der Waals surface area contributed by atoms with Gasteiger partial charge in [0, 0.05) is 11.1 Å². The minimum Gasteiger partial charge on any atom is -0.493 e. The summed E-state index contributed by atoms with van der Waals surface area (Å²) in [4.78, 5) is 23.6. The quantitative estimate of drug-likeness (QED) is 0.466. The van der Waals surface area contributed by atoms with Crippen molar-refractivity contribution in [2.75, 3.05) is 19.0 Å². The van der Waals surface area contributed by atoms with E-state index in [9.17, 15) is 18.4 Å². The van der Waals surface area contributed by atoms with E-state index in [-0.39, 0.29) is 22.2 Å². The second-order valence-corrected chi connectivity index (χ2v) is 6.25. The molecule has 0 bridgehead atoms. The maximum atomic E-state index is 12.3. The maximum Gasteiger partial charge on any atom is 0.387 e. The molecule has 0 aliphatic heterocycles. The number of amides is 1. The zero-order chi connectivity index (χ0) is 21.4. The normalized spacial score (nSPS) is 10.8. The molecule has 0 fully saturated rings. The van der Waals surface area contributed by atoms with E-state index in [4.69, 9.17) is 32.7 Å². The number of carbonyl (C=O) groups excluding carboxylic acids is 2. The lowest BCUT2D eigenvalue weighted by Crippen LogP contribution is -2.20. The van der Waals surface area contributed by atoms with Crippen LogP contribution in [0.5, 0.6) is 11.5 Å². The van der Waals surface area contributed by atoms with Crippen molar-refractivity contribution >= 4 is 46.8 Å². The van der Waals surface area contributed by atoms with Crippen LogP contribution in [0, 0.1) is 0 Å². The molecular weight excluding hydrogens is 431 g/mol. The molecule has 2 aromatic carbocycles. The number of hydrogen-bond acceptors (Lipinski definition) is 5. The van der Waals surface area contributed by atoms with Crippen LogP contribution in [0.4, 0.5) is 14.5 Å². The molecule has 0 aromatic heterocycles. The summed E-state index contributed by atoms with van der Waals surface area (Å²) >= 11 is 11.8. The van der Waals surface area contributed by atoms with Gasteiger partial charge in [0.15, 0.2) is 18.1 Å². The van der Waals surface area contributed by atoms with Crippen LogP contribution in [0.15, 0.2) is 42.5 Å². The van der Waals surface area contributed by atoms with Crippen molar-refractivity contribution in [2.24, 2.45) is 0 Å². The molecule has 0 atom stereocenters. The van der Waals surface area contributed by atoms with Gasteiger partial charge in [0.1, 0.15) is 0 Å². The van der Waals surface area contributed by atoms with Crippen LogP contribution in [0.25, 0.3) is 6.08 Å². The van der Waals surface area contributed by atoms with Crippen molar-refractivity contribution < 1.29 is 32.6 Å². The summed E-state index contributed by atoms with van der Waals surface area (Å²) in [6, 6.07) is 8.65. The first kappa shape index (κ1) is 22.4. The third kappa shape index (κ3) is 7.24. The number of rotatable bonds is 8. The molecule has 154 valence electrons. The predicted octanol–water partition coefficient (Wildman–Crippen LogP) is 4.80. The molecule has 29 heavy (non-hydrogen) atoms. The van der Waals surface area contributed by atoms with Gasteiger partial charge < -0.3 is 19.5 Å². The zero-order valence-corrected chi connectivity index (χ0v) is 16.5. The van der Waals surface area contributed by atoms with Gasteiger partial charge in [-0.25, -0.2) is 4.79 Å². The molecule has 0 saturated heterocycles. The predicted molar refractivity (Wildman–Crippen MR) is 105 cm³/mol. The third-order valence-electron chi connectivity index (χ3n) is 3.36. The minimum absolute atomic E-state index is 0.0681. The lowest BCUT2D eigenvalue weighted by molar-refractivity contribution is -0.142. The summed E-state index contributed by atoms with van der Waals surface area (Å²) in [5, 5.41) is 3.13. The van der Waals surface area contributed by atoms with Gasteiger partial charge in [-0.2, -0.15) is 8.78 Å². The van der Waals surface area contributed by atoms with E-state index in [1.807, 2.05) is 0 Å². The number of hydrogen-bond donors (Lipinski definition) is 1. The Morgan fingerprint density at radius 1 is 1.14 bits per heavy atom. The molecule has 0 aliphatic rings. The Labute approximate surface area is 175 Å². The number of nitrogens with one attached hydrogen (secondary N) is 1. The third-order valence-corrected chi connectivity index (χ3v) is 3.93. The van der Waals surface area contributed by atoms with Crippen molar-refractivity contribution in [3.8, 4) is 11.5 Å².